The maximum Gasteiger partial charge on any atom is 0.149 e. The van der Waals surface area contributed by atoms with Crippen LogP contribution in [-0.4, -0.2) is 32.3 Å². The van der Waals surface area contributed by atoms with Gasteiger partial charge in [-0.1, -0.05) is 13.8 Å². The highest BCUT2D eigenvalue weighted by molar-refractivity contribution is 7.99. The fraction of sp³-hybridized carbons (Fsp3) is 0.867. The molecule has 0 fully saturated rings. The Balaban J connectivity index is 1.85. The molecule has 1 aromatic heterocycles. The summed E-state index contributed by atoms with van der Waals surface area (Å²) in [5.74, 6) is 5.44. The number of rotatable bonds is 7. The highest BCUT2D eigenvalue weighted by atomic mass is 32.2. The lowest BCUT2D eigenvalue weighted by molar-refractivity contribution is 0.444. The van der Waals surface area contributed by atoms with Gasteiger partial charge >= 0.3 is 0 Å². The van der Waals surface area contributed by atoms with Crippen LogP contribution in [0, 0.1) is 5.92 Å². The first kappa shape index (κ1) is 15.8. The summed E-state index contributed by atoms with van der Waals surface area (Å²) in [5.41, 5.74) is 0. The number of nitrogens with one attached hydrogen (secondary N) is 1. The van der Waals surface area contributed by atoms with E-state index in [0.717, 1.165) is 30.5 Å². The van der Waals surface area contributed by atoms with E-state index in [0.29, 0.717) is 6.04 Å². The minimum atomic E-state index is 0.281. The minimum Gasteiger partial charge on any atom is -0.314 e. The molecule has 1 N–H and O–H groups in total. The molecule has 1 aliphatic rings. The number of hydrogen-bond donors (Lipinski definition) is 1. The standard InChI is InChI=1S/C15H28N4S/c1-11(2)9-20-10-12(3)16-13(4)15-18-17-14-7-5-6-8-19(14)15/h11-13,16H,5-10H2,1-4H3. The van der Waals surface area contributed by atoms with Crippen molar-refractivity contribution in [2.75, 3.05) is 11.5 Å². The zero-order chi connectivity index (χ0) is 14.5. The molecule has 2 unspecified atom stereocenters. The number of aromatic nitrogens is 3. The van der Waals surface area contributed by atoms with Gasteiger partial charge in [-0.05, 0) is 38.4 Å². The molecule has 0 bridgehead atoms. The predicted molar refractivity (Wildman–Crippen MR) is 86.1 cm³/mol. The first-order valence-corrected chi connectivity index (χ1v) is 8.99. The summed E-state index contributed by atoms with van der Waals surface area (Å²) in [6.45, 7) is 10.1. The lowest BCUT2D eigenvalue weighted by Gasteiger charge is -2.22. The van der Waals surface area contributed by atoms with Crippen molar-refractivity contribution in [3.63, 3.8) is 0 Å². The van der Waals surface area contributed by atoms with Gasteiger partial charge in [-0.15, -0.1) is 10.2 Å². The van der Waals surface area contributed by atoms with E-state index in [1.807, 2.05) is 11.8 Å². The average molecular weight is 296 g/mol. The molecule has 2 rings (SSSR count). The first-order chi connectivity index (χ1) is 9.58. The number of aryl methyl sites for hydroxylation is 1. The second kappa shape index (κ2) is 7.46. The molecule has 0 saturated heterocycles. The smallest absolute Gasteiger partial charge is 0.149 e. The normalized spacial score (nSPS) is 18.1. The van der Waals surface area contributed by atoms with E-state index in [1.165, 1.54) is 24.4 Å². The van der Waals surface area contributed by atoms with Crippen LogP contribution in [-0.2, 0) is 13.0 Å². The summed E-state index contributed by atoms with van der Waals surface area (Å²) in [6, 6.07) is 0.786. The second-order valence-electron chi connectivity index (χ2n) is 6.30. The van der Waals surface area contributed by atoms with Crippen LogP contribution in [0.3, 0.4) is 0 Å². The molecule has 0 radical (unpaired) electrons. The molecule has 114 valence electrons. The van der Waals surface area contributed by atoms with E-state index in [1.54, 1.807) is 0 Å². The first-order valence-electron chi connectivity index (χ1n) is 7.83. The van der Waals surface area contributed by atoms with Crippen molar-refractivity contribution in [1.29, 1.82) is 0 Å². The lowest BCUT2D eigenvalue weighted by atomic mass is 10.1. The molecule has 20 heavy (non-hydrogen) atoms. The molecule has 1 aromatic rings. The largest absolute Gasteiger partial charge is 0.314 e. The van der Waals surface area contributed by atoms with E-state index in [-0.39, 0.29) is 6.04 Å². The Morgan fingerprint density at radius 1 is 1.15 bits per heavy atom. The summed E-state index contributed by atoms with van der Waals surface area (Å²) < 4.78 is 2.31. The predicted octanol–water partition coefficient (Wildman–Crippen LogP) is 3.04. The summed E-state index contributed by atoms with van der Waals surface area (Å²) in [7, 11) is 0. The average Bonchev–Trinajstić information content (AvgIpc) is 2.82. The molecule has 0 saturated carbocycles. The highest BCUT2D eigenvalue weighted by Gasteiger charge is 2.20. The Morgan fingerprint density at radius 3 is 2.70 bits per heavy atom. The van der Waals surface area contributed by atoms with Gasteiger partial charge in [-0.3, -0.25) is 0 Å². The van der Waals surface area contributed by atoms with E-state index < -0.39 is 0 Å². The van der Waals surface area contributed by atoms with Crippen molar-refractivity contribution in [3.8, 4) is 0 Å². The zero-order valence-corrected chi connectivity index (χ0v) is 14.0. The SMILES string of the molecule is CC(C)CSCC(C)NC(C)c1nnc2n1CCCC2. The van der Waals surface area contributed by atoms with Crippen molar-refractivity contribution in [3.05, 3.63) is 11.6 Å². The topological polar surface area (TPSA) is 42.7 Å². The fourth-order valence-electron chi connectivity index (χ4n) is 2.68. The molecular formula is C15H28N4S. The third-order valence-electron chi connectivity index (χ3n) is 3.63. The van der Waals surface area contributed by atoms with Crippen molar-refractivity contribution in [2.24, 2.45) is 5.92 Å². The van der Waals surface area contributed by atoms with Gasteiger partial charge in [0, 0.05) is 24.8 Å². The molecular weight excluding hydrogens is 268 g/mol. The number of hydrogen-bond acceptors (Lipinski definition) is 4. The number of nitrogens with zero attached hydrogens (tertiary/aromatic N) is 3. The van der Waals surface area contributed by atoms with E-state index in [4.69, 9.17) is 0 Å². The van der Waals surface area contributed by atoms with Crippen LogP contribution in [0.5, 0.6) is 0 Å². The van der Waals surface area contributed by atoms with Gasteiger partial charge in [0.25, 0.3) is 0 Å². The monoisotopic (exact) mass is 296 g/mol. The molecule has 0 aliphatic carbocycles. The maximum atomic E-state index is 4.40. The third-order valence-corrected chi connectivity index (χ3v) is 5.27. The van der Waals surface area contributed by atoms with Crippen LogP contribution in [0.25, 0.3) is 0 Å². The van der Waals surface area contributed by atoms with Gasteiger partial charge in [0.05, 0.1) is 6.04 Å². The Hall–Kier alpha value is -0.550. The number of fused-ring (bicyclic) bond motifs is 1. The van der Waals surface area contributed by atoms with Gasteiger partial charge in [-0.2, -0.15) is 11.8 Å². The van der Waals surface area contributed by atoms with Crippen LogP contribution >= 0.6 is 11.8 Å². The Kier molecular flexibility index (Phi) is 5.90. The van der Waals surface area contributed by atoms with Crippen molar-refractivity contribution >= 4 is 11.8 Å². The van der Waals surface area contributed by atoms with E-state index in [2.05, 4.69) is 47.8 Å². The fourth-order valence-corrected chi connectivity index (χ4v) is 3.74. The molecule has 0 spiro atoms. The van der Waals surface area contributed by atoms with Crippen LogP contribution in [0.1, 0.15) is 58.2 Å². The van der Waals surface area contributed by atoms with Gasteiger partial charge in [0.15, 0.2) is 0 Å². The highest BCUT2D eigenvalue weighted by Crippen LogP contribution is 2.19. The van der Waals surface area contributed by atoms with Gasteiger partial charge < -0.3 is 9.88 Å². The minimum absolute atomic E-state index is 0.281. The number of thioether (sulfide) groups is 1. The Morgan fingerprint density at radius 2 is 1.95 bits per heavy atom. The van der Waals surface area contributed by atoms with Gasteiger partial charge in [0.2, 0.25) is 0 Å². The van der Waals surface area contributed by atoms with Crippen molar-refractivity contribution in [2.45, 2.75) is 65.6 Å². The lowest BCUT2D eigenvalue weighted by Crippen LogP contribution is -2.33. The van der Waals surface area contributed by atoms with Crippen molar-refractivity contribution < 1.29 is 0 Å². The molecule has 2 heterocycles. The van der Waals surface area contributed by atoms with E-state index in [9.17, 15) is 0 Å². The molecule has 5 heteroatoms. The zero-order valence-electron chi connectivity index (χ0n) is 13.2. The van der Waals surface area contributed by atoms with Gasteiger partial charge in [-0.25, -0.2) is 0 Å². The van der Waals surface area contributed by atoms with Crippen LogP contribution in [0.4, 0.5) is 0 Å². The molecule has 0 aromatic carbocycles. The van der Waals surface area contributed by atoms with Crippen LogP contribution in [0.15, 0.2) is 0 Å². The molecule has 1 aliphatic heterocycles. The van der Waals surface area contributed by atoms with E-state index >= 15 is 0 Å². The molecule has 2 atom stereocenters. The quantitative estimate of drug-likeness (QED) is 0.840. The molecule has 4 nitrogen and oxygen atoms in total. The maximum absolute atomic E-state index is 4.40. The summed E-state index contributed by atoms with van der Waals surface area (Å²) in [6.07, 6.45) is 3.59. The summed E-state index contributed by atoms with van der Waals surface area (Å²) in [5, 5.41) is 12.4. The third kappa shape index (κ3) is 4.22. The summed E-state index contributed by atoms with van der Waals surface area (Å²) in [4.78, 5) is 0. The van der Waals surface area contributed by atoms with Gasteiger partial charge in [0.1, 0.15) is 11.6 Å². The second-order valence-corrected chi connectivity index (χ2v) is 7.38. The molecule has 0 amide bonds. The van der Waals surface area contributed by atoms with Crippen LogP contribution in [0.2, 0.25) is 0 Å². The summed E-state index contributed by atoms with van der Waals surface area (Å²) >= 11 is 2.03. The Bertz CT molecular complexity index is 416. The van der Waals surface area contributed by atoms with Crippen LogP contribution < -0.4 is 5.32 Å². The Labute approximate surface area is 127 Å². The van der Waals surface area contributed by atoms with Crippen molar-refractivity contribution in [1.82, 2.24) is 20.1 Å².